The zero-order valence-corrected chi connectivity index (χ0v) is 18.3. The molecule has 1 aliphatic rings. The van der Waals surface area contributed by atoms with Gasteiger partial charge in [-0.15, -0.1) is 11.8 Å². The van der Waals surface area contributed by atoms with E-state index in [0.717, 1.165) is 43.9 Å². The van der Waals surface area contributed by atoms with Crippen LogP contribution in [0.15, 0.2) is 41.3 Å². The standard InChI is InChI=1S/C22H28N2O4S/c1-26-19-10-7-17(20(27-2)21(19)28-3)15-23-11-13-24(14-12-23)22(25)16-5-8-18(29-4)9-6-16/h5-10H,11-15H2,1-4H3/p+1. The van der Waals surface area contributed by atoms with Crippen LogP contribution in [-0.2, 0) is 6.54 Å². The van der Waals surface area contributed by atoms with Crippen LogP contribution in [0.4, 0.5) is 0 Å². The van der Waals surface area contributed by atoms with Crippen molar-refractivity contribution in [2.24, 2.45) is 0 Å². The molecule has 0 atom stereocenters. The van der Waals surface area contributed by atoms with E-state index in [1.54, 1.807) is 33.1 Å². The lowest BCUT2D eigenvalue weighted by molar-refractivity contribution is -0.917. The first-order valence-electron chi connectivity index (χ1n) is 9.66. The first kappa shape index (κ1) is 21.3. The Bertz CT molecular complexity index is 833. The summed E-state index contributed by atoms with van der Waals surface area (Å²) in [5.74, 6) is 2.10. The number of piperazine rings is 1. The van der Waals surface area contributed by atoms with Gasteiger partial charge in [-0.3, -0.25) is 4.79 Å². The van der Waals surface area contributed by atoms with Crippen molar-refractivity contribution in [3.63, 3.8) is 0 Å². The molecule has 0 spiro atoms. The van der Waals surface area contributed by atoms with Crippen LogP contribution >= 0.6 is 11.8 Å². The molecule has 7 heteroatoms. The van der Waals surface area contributed by atoms with Crippen LogP contribution < -0.4 is 19.1 Å². The van der Waals surface area contributed by atoms with E-state index < -0.39 is 0 Å². The fourth-order valence-corrected chi connectivity index (χ4v) is 4.10. The second kappa shape index (κ2) is 9.89. The third-order valence-electron chi connectivity index (χ3n) is 5.32. The lowest BCUT2D eigenvalue weighted by Crippen LogP contribution is -3.13. The Hall–Kier alpha value is -2.38. The van der Waals surface area contributed by atoms with Crippen molar-refractivity contribution in [3.05, 3.63) is 47.5 Å². The van der Waals surface area contributed by atoms with Crippen LogP contribution in [0.2, 0.25) is 0 Å². The minimum absolute atomic E-state index is 0.111. The van der Waals surface area contributed by atoms with Crippen molar-refractivity contribution in [1.82, 2.24) is 4.90 Å². The molecule has 1 aliphatic heterocycles. The number of ether oxygens (including phenoxy) is 3. The van der Waals surface area contributed by atoms with Crippen molar-refractivity contribution in [2.75, 3.05) is 53.8 Å². The third-order valence-corrected chi connectivity index (χ3v) is 6.06. The molecule has 1 amide bonds. The van der Waals surface area contributed by atoms with Crippen LogP contribution in [-0.4, -0.2) is 64.6 Å². The number of carbonyl (C=O) groups excluding carboxylic acids is 1. The topological polar surface area (TPSA) is 52.4 Å². The van der Waals surface area contributed by atoms with E-state index in [-0.39, 0.29) is 5.91 Å². The number of hydrogen-bond donors (Lipinski definition) is 1. The SMILES string of the molecule is COc1ccc(C[NH+]2CCN(C(=O)c3ccc(SC)cc3)CC2)c(OC)c1OC. The summed E-state index contributed by atoms with van der Waals surface area (Å²) in [5, 5.41) is 0. The van der Waals surface area contributed by atoms with Gasteiger partial charge in [-0.2, -0.15) is 0 Å². The van der Waals surface area contributed by atoms with E-state index in [4.69, 9.17) is 14.2 Å². The van der Waals surface area contributed by atoms with E-state index in [9.17, 15) is 4.79 Å². The number of nitrogens with one attached hydrogen (secondary N) is 1. The Kier molecular flexibility index (Phi) is 7.28. The van der Waals surface area contributed by atoms with Crippen molar-refractivity contribution < 1.29 is 23.9 Å². The quantitative estimate of drug-likeness (QED) is 0.698. The number of methoxy groups -OCH3 is 3. The van der Waals surface area contributed by atoms with Gasteiger partial charge >= 0.3 is 0 Å². The van der Waals surface area contributed by atoms with Crippen molar-refractivity contribution in [1.29, 1.82) is 0 Å². The van der Waals surface area contributed by atoms with Crippen LogP contribution in [0.3, 0.4) is 0 Å². The van der Waals surface area contributed by atoms with E-state index >= 15 is 0 Å². The average Bonchev–Trinajstić information content (AvgIpc) is 2.78. The fourth-order valence-electron chi connectivity index (χ4n) is 3.69. The van der Waals surface area contributed by atoms with E-state index in [0.29, 0.717) is 17.2 Å². The fraction of sp³-hybridized carbons (Fsp3) is 0.409. The summed E-state index contributed by atoms with van der Waals surface area (Å²) < 4.78 is 16.5. The molecule has 0 bridgehead atoms. The second-order valence-corrected chi connectivity index (χ2v) is 7.82. The highest BCUT2D eigenvalue weighted by molar-refractivity contribution is 7.98. The van der Waals surface area contributed by atoms with E-state index in [2.05, 4.69) is 0 Å². The Morgan fingerprint density at radius 2 is 1.62 bits per heavy atom. The van der Waals surface area contributed by atoms with Gasteiger partial charge in [0.2, 0.25) is 5.75 Å². The van der Waals surface area contributed by atoms with Crippen LogP contribution in [0.25, 0.3) is 0 Å². The molecular weight excluding hydrogens is 388 g/mol. The summed E-state index contributed by atoms with van der Waals surface area (Å²) in [5.41, 5.74) is 1.83. The predicted molar refractivity (Wildman–Crippen MR) is 115 cm³/mol. The number of hydrogen-bond acceptors (Lipinski definition) is 5. The highest BCUT2D eigenvalue weighted by Gasteiger charge is 2.26. The maximum atomic E-state index is 12.8. The van der Waals surface area contributed by atoms with Crippen LogP contribution in [0.5, 0.6) is 17.2 Å². The summed E-state index contributed by atoms with van der Waals surface area (Å²) in [4.78, 5) is 17.3. The number of benzene rings is 2. The molecule has 0 radical (unpaired) electrons. The Balaban J connectivity index is 1.63. The molecule has 2 aromatic rings. The lowest BCUT2D eigenvalue weighted by atomic mass is 10.1. The van der Waals surface area contributed by atoms with Gasteiger partial charge in [0, 0.05) is 10.5 Å². The largest absolute Gasteiger partial charge is 0.493 e. The molecule has 0 aromatic heterocycles. The van der Waals surface area contributed by atoms with Gasteiger partial charge in [-0.05, 0) is 42.7 Å². The third kappa shape index (κ3) is 4.79. The van der Waals surface area contributed by atoms with E-state index in [1.807, 2.05) is 47.6 Å². The molecule has 2 aromatic carbocycles. The minimum Gasteiger partial charge on any atom is -0.493 e. The Morgan fingerprint density at radius 1 is 0.966 bits per heavy atom. The highest BCUT2D eigenvalue weighted by Crippen LogP contribution is 2.39. The molecule has 0 aliphatic carbocycles. The van der Waals surface area contributed by atoms with Gasteiger partial charge in [-0.1, -0.05) is 0 Å². The maximum absolute atomic E-state index is 12.8. The normalized spacial score (nSPS) is 14.6. The lowest BCUT2D eigenvalue weighted by Gasteiger charge is -2.32. The molecular formula is C22H29N2O4S+. The highest BCUT2D eigenvalue weighted by atomic mass is 32.2. The smallest absolute Gasteiger partial charge is 0.254 e. The zero-order valence-electron chi connectivity index (χ0n) is 17.5. The Morgan fingerprint density at radius 3 is 2.17 bits per heavy atom. The number of carbonyl (C=O) groups is 1. The second-order valence-electron chi connectivity index (χ2n) is 6.94. The van der Waals surface area contributed by atoms with Gasteiger partial charge in [-0.25, -0.2) is 0 Å². The first-order valence-corrected chi connectivity index (χ1v) is 10.9. The minimum atomic E-state index is 0.111. The molecule has 1 fully saturated rings. The van der Waals surface area contributed by atoms with Gasteiger partial charge in [0.25, 0.3) is 5.91 Å². The summed E-state index contributed by atoms with van der Waals surface area (Å²) in [7, 11) is 4.88. The molecule has 1 N–H and O–H groups in total. The molecule has 0 unspecified atom stereocenters. The summed E-state index contributed by atoms with van der Waals surface area (Å²) in [6, 6.07) is 11.8. The van der Waals surface area contributed by atoms with Crippen molar-refractivity contribution >= 4 is 17.7 Å². The summed E-state index contributed by atoms with van der Waals surface area (Å²) in [6.45, 7) is 4.09. The van der Waals surface area contributed by atoms with Crippen molar-refractivity contribution in [2.45, 2.75) is 11.4 Å². The molecule has 3 rings (SSSR count). The zero-order chi connectivity index (χ0) is 20.8. The average molecular weight is 418 g/mol. The van der Waals surface area contributed by atoms with Crippen molar-refractivity contribution in [3.8, 4) is 17.2 Å². The van der Waals surface area contributed by atoms with Gasteiger partial charge in [0.1, 0.15) is 6.54 Å². The predicted octanol–water partition coefficient (Wildman–Crippen LogP) is 1.98. The van der Waals surface area contributed by atoms with Crippen LogP contribution in [0.1, 0.15) is 15.9 Å². The van der Waals surface area contributed by atoms with E-state index in [1.165, 1.54) is 9.80 Å². The summed E-state index contributed by atoms with van der Waals surface area (Å²) >= 11 is 1.68. The molecule has 1 saturated heterocycles. The van der Waals surface area contributed by atoms with Gasteiger partial charge < -0.3 is 24.0 Å². The first-order chi connectivity index (χ1) is 14.1. The molecule has 6 nitrogen and oxygen atoms in total. The number of nitrogens with zero attached hydrogens (tertiary/aromatic N) is 1. The van der Waals surface area contributed by atoms with Gasteiger partial charge in [0.15, 0.2) is 11.5 Å². The number of thioether (sulfide) groups is 1. The molecule has 156 valence electrons. The molecule has 0 saturated carbocycles. The number of quaternary nitrogens is 1. The molecule has 1 heterocycles. The van der Waals surface area contributed by atoms with Crippen LogP contribution in [0, 0.1) is 0 Å². The summed E-state index contributed by atoms with van der Waals surface area (Å²) in [6.07, 6.45) is 2.03. The maximum Gasteiger partial charge on any atom is 0.254 e. The number of amides is 1. The number of rotatable bonds is 7. The van der Waals surface area contributed by atoms with Gasteiger partial charge in [0.05, 0.1) is 53.1 Å². The monoisotopic (exact) mass is 417 g/mol. The molecule has 29 heavy (non-hydrogen) atoms. The Labute approximate surface area is 176 Å².